The number of amides is 5. The minimum absolute atomic E-state index is 0.0277. The number of fused-ring (bicyclic) bond motifs is 3. The van der Waals surface area contributed by atoms with Gasteiger partial charge in [-0.2, -0.15) is 0 Å². The molecule has 4 aliphatic rings. The predicted octanol–water partition coefficient (Wildman–Crippen LogP) is 3.34. The first-order valence-electron chi connectivity index (χ1n) is 19.0. The van der Waals surface area contributed by atoms with Gasteiger partial charge < -0.3 is 30.3 Å². The van der Waals surface area contributed by atoms with Crippen molar-refractivity contribution < 1.29 is 37.1 Å². The van der Waals surface area contributed by atoms with E-state index in [1.807, 2.05) is 71.0 Å². The minimum Gasteiger partial charge on any atom is -0.476 e. The average Bonchev–Trinajstić information content (AvgIpc) is 4.02. The number of ether oxygens (including phenoxy) is 2. The Kier molecular flexibility index (Phi) is 11.1. The molecule has 54 heavy (non-hydrogen) atoms. The van der Waals surface area contributed by atoms with Gasteiger partial charge in [0, 0.05) is 17.9 Å². The smallest absolute Gasteiger partial charge is 0.315 e. The van der Waals surface area contributed by atoms with Gasteiger partial charge in [-0.15, -0.1) is 10.2 Å². The maximum Gasteiger partial charge on any atom is 0.315 e. The summed E-state index contributed by atoms with van der Waals surface area (Å²) in [5.74, 6) is -1.91. The lowest BCUT2D eigenvalue weighted by Gasteiger charge is -2.33. The van der Waals surface area contributed by atoms with Gasteiger partial charge in [-0.1, -0.05) is 38.1 Å². The van der Waals surface area contributed by atoms with Gasteiger partial charge in [-0.25, -0.2) is 13.2 Å². The molecule has 3 heterocycles. The van der Waals surface area contributed by atoms with E-state index in [9.17, 15) is 27.6 Å². The predicted molar refractivity (Wildman–Crippen MR) is 201 cm³/mol. The van der Waals surface area contributed by atoms with E-state index in [-0.39, 0.29) is 37.1 Å². The number of hydrogen-bond donors (Lipinski definition) is 4. The highest BCUT2D eigenvalue weighted by Crippen LogP contribution is 2.46. The lowest BCUT2D eigenvalue weighted by atomic mass is 9.88. The summed E-state index contributed by atoms with van der Waals surface area (Å²) >= 11 is 0. The van der Waals surface area contributed by atoms with Crippen molar-refractivity contribution in [3.05, 3.63) is 36.4 Å². The average molecular weight is 768 g/mol. The zero-order valence-corrected chi connectivity index (χ0v) is 32.7. The maximum atomic E-state index is 14.8. The van der Waals surface area contributed by atoms with Gasteiger partial charge in [0.25, 0.3) is 5.91 Å². The van der Waals surface area contributed by atoms with Crippen LogP contribution in [0.25, 0.3) is 10.8 Å². The Morgan fingerprint density at radius 1 is 1.04 bits per heavy atom. The van der Waals surface area contributed by atoms with Gasteiger partial charge in [-0.3, -0.25) is 19.1 Å². The Morgan fingerprint density at radius 2 is 1.72 bits per heavy atom. The molecule has 5 amide bonds. The Balaban J connectivity index is 1.35. The summed E-state index contributed by atoms with van der Waals surface area (Å²) in [5.41, 5.74) is -2.08. The molecule has 4 N–H and O–H groups in total. The highest BCUT2D eigenvalue weighted by atomic mass is 32.2. The molecule has 294 valence electrons. The number of allylic oxidation sites excluding steroid dienone is 1. The molecule has 2 aliphatic heterocycles. The van der Waals surface area contributed by atoms with Crippen LogP contribution in [0, 0.1) is 17.8 Å². The normalized spacial score (nSPS) is 29.8. The zero-order valence-electron chi connectivity index (χ0n) is 31.9. The summed E-state index contributed by atoms with van der Waals surface area (Å²) in [6.07, 6.45) is 6.38. The third kappa shape index (κ3) is 8.74. The number of nitrogens with one attached hydrogen (secondary N) is 4. The lowest BCUT2D eigenvalue weighted by Crippen LogP contribution is -2.60. The van der Waals surface area contributed by atoms with Crippen LogP contribution in [0.4, 0.5) is 4.79 Å². The van der Waals surface area contributed by atoms with Gasteiger partial charge in [-0.05, 0) is 90.2 Å². The number of carbonyl (C=O) groups is 4. The molecule has 16 heteroatoms. The molecule has 15 nitrogen and oxygen atoms in total. The fourth-order valence-electron chi connectivity index (χ4n) is 7.56. The van der Waals surface area contributed by atoms with Crippen LogP contribution in [0.5, 0.6) is 11.8 Å². The first kappa shape index (κ1) is 39.2. The third-order valence-electron chi connectivity index (χ3n) is 10.6. The highest BCUT2D eigenvalue weighted by Gasteiger charge is 2.62. The molecule has 2 saturated carbocycles. The third-order valence-corrected chi connectivity index (χ3v) is 12.4. The van der Waals surface area contributed by atoms with Gasteiger partial charge in [0.1, 0.15) is 23.7 Å². The summed E-state index contributed by atoms with van der Waals surface area (Å²) in [7, 11) is -3.90. The van der Waals surface area contributed by atoms with E-state index in [1.54, 1.807) is 0 Å². The van der Waals surface area contributed by atoms with Crippen molar-refractivity contribution in [1.82, 2.24) is 35.8 Å². The fourth-order valence-corrected chi connectivity index (χ4v) is 8.92. The van der Waals surface area contributed by atoms with E-state index >= 15 is 0 Å². The van der Waals surface area contributed by atoms with Gasteiger partial charge >= 0.3 is 6.03 Å². The first-order valence-corrected chi connectivity index (χ1v) is 20.5. The number of rotatable bonds is 8. The fraction of sp³-hybridized carbons (Fsp3) is 0.632. The molecular formula is C38H53N7O8S. The van der Waals surface area contributed by atoms with Crippen molar-refractivity contribution in [2.45, 2.75) is 121 Å². The second-order valence-corrected chi connectivity index (χ2v) is 18.3. The highest BCUT2D eigenvalue weighted by molar-refractivity contribution is 7.91. The summed E-state index contributed by atoms with van der Waals surface area (Å²) in [4.78, 5) is 57.7. The molecule has 0 bridgehead atoms. The second kappa shape index (κ2) is 15.3. The topological polar surface area (TPSA) is 198 Å². The molecule has 1 aromatic heterocycles. The molecule has 0 spiro atoms. The summed E-state index contributed by atoms with van der Waals surface area (Å²) in [6, 6.07) is 4.71. The van der Waals surface area contributed by atoms with Crippen LogP contribution in [0.15, 0.2) is 36.4 Å². The van der Waals surface area contributed by atoms with Crippen LogP contribution in [-0.2, 0) is 24.4 Å². The van der Waals surface area contributed by atoms with E-state index in [0.717, 1.165) is 6.42 Å². The quantitative estimate of drug-likeness (QED) is 0.289. The van der Waals surface area contributed by atoms with Crippen LogP contribution < -0.4 is 30.1 Å². The van der Waals surface area contributed by atoms with Crippen LogP contribution in [0.3, 0.4) is 0 Å². The number of urea groups is 1. The SMILES string of the molecule is CCOc1nnc(O[C@@H]2C[C@H]3C(=O)NC4(C(=O)NS(=O)(=O)C5CC5)CC4/C=C\CC[C@@H](C)C[C@@H](C)[C@H](NC(=O)NC(C)(C)C)C(=O)N3C2)c2ccccc12. The summed E-state index contributed by atoms with van der Waals surface area (Å²) in [6.45, 7) is 11.7. The first-order chi connectivity index (χ1) is 25.5. The van der Waals surface area contributed by atoms with Crippen LogP contribution in [0.1, 0.15) is 86.5 Å². The minimum atomic E-state index is -3.90. The molecule has 0 radical (unpaired) electrons. The summed E-state index contributed by atoms with van der Waals surface area (Å²) < 4.78 is 40.1. The number of hydrogen-bond acceptors (Lipinski definition) is 10. The molecule has 2 unspecified atom stereocenters. The van der Waals surface area contributed by atoms with Crippen LogP contribution in [0.2, 0.25) is 0 Å². The van der Waals surface area contributed by atoms with E-state index in [2.05, 4.69) is 37.8 Å². The largest absolute Gasteiger partial charge is 0.476 e. The molecule has 1 aromatic carbocycles. The molecule has 2 aromatic rings. The Hall–Kier alpha value is -4.47. The lowest BCUT2D eigenvalue weighted by molar-refractivity contribution is -0.142. The zero-order chi connectivity index (χ0) is 39.0. The molecule has 6 rings (SSSR count). The van der Waals surface area contributed by atoms with Crippen molar-refractivity contribution in [1.29, 1.82) is 0 Å². The Labute approximate surface area is 316 Å². The van der Waals surface area contributed by atoms with Gasteiger partial charge in [0.2, 0.25) is 33.6 Å². The van der Waals surface area contributed by atoms with Crippen molar-refractivity contribution in [3.63, 3.8) is 0 Å². The number of carbonyl (C=O) groups excluding carboxylic acids is 4. The standard InChI is InChI=1S/C38H53N7O8S/c1-7-52-32-27-14-10-11-15-28(27)33(43-42-32)53-25-19-29-31(46)40-38(35(48)44-54(50,51)26-16-17-26)20-24(38)13-9-8-12-22(2)18-23(3)30(34(47)45(29)21-25)39-36(49)41-37(4,5)6/h9-11,13-15,22-26,29-30H,7-8,12,16-21H2,1-6H3,(H,40,46)(H,44,48)(H2,39,41,49)/b13-9-/t22-,23-,24?,25-,29+,30+,38?/m1/s1. The number of nitrogens with zero attached hydrogens (tertiary/aromatic N) is 3. The van der Waals surface area contributed by atoms with Crippen molar-refractivity contribution in [3.8, 4) is 11.8 Å². The van der Waals surface area contributed by atoms with Crippen molar-refractivity contribution in [2.75, 3.05) is 13.2 Å². The van der Waals surface area contributed by atoms with Gasteiger partial charge in [0.15, 0.2) is 0 Å². The van der Waals surface area contributed by atoms with Crippen LogP contribution >= 0.6 is 0 Å². The maximum absolute atomic E-state index is 14.8. The van der Waals surface area contributed by atoms with Crippen LogP contribution in [-0.4, -0.2) is 94.9 Å². The number of aromatic nitrogens is 2. The van der Waals surface area contributed by atoms with E-state index in [4.69, 9.17) is 9.47 Å². The molecular weight excluding hydrogens is 715 g/mol. The molecule has 2 aliphatic carbocycles. The Bertz CT molecular complexity index is 1910. The number of sulfonamides is 1. The Morgan fingerprint density at radius 3 is 2.39 bits per heavy atom. The van der Waals surface area contributed by atoms with E-state index in [1.165, 1.54) is 4.90 Å². The molecule has 1 saturated heterocycles. The monoisotopic (exact) mass is 767 g/mol. The molecule has 7 atom stereocenters. The number of benzene rings is 1. The van der Waals surface area contributed by atoms with Crippen molar-refractivity contribution >= 4 is 44.5 Å². The van der Waals surface area contributed by atoms with Gasteiger partial charge in [0.05, 0.1) is 29.2 Å². The van der Waals surface area contributed by atoms with Crippen molar-refractivity contribution in [2.24, 2.45) is 17.8 Å². The second-order valence-electron chi connectivity index (χ2n) is 16.4. The summed E-state index contributed by atoms with van der Waals surface area (Å²) in [5, 5.41) is 17.9. The molecule has 3 fully saturated rings. The van der Waals surface area contributed by atoms with E-state index in [0.29, 0.717) is 48.9 Å². The van der Waals surface area contributed by atoms with E-state index < -0.39 is 74.2 Å².